The lowest BCUT2D eigenvalue weighted by Gasteiger charge is -2.31. The predicted molar refractivity (Wildman–Crippen MR) is 207 cm³/mol. The van der Waals surface area contributed by atoms with Gasteiger partial charge in [0.05, 0.1) is 0 Å². The first-order chi connectivity index (χ1) is 23.6. The van der Waals surface area contributed by atoms with Gasteiger partial charge in [0.15, 0.2) is 0 Å². The van der Waals surface area contributed by atoms with Crippen molar-refractivity contribution in [2.45, 2.75) is 19.5 Å². The molecule has 1 heterocycles. The largest absolute Gasteiger partial charge is 0.311 e. The molecular weight excluding hydrogens is 597 g/mol. The lowest BCUT2D eigenvalue weighted by Crippen LogP contribution is -2.50. The van der Waals surface area contributed by atoms with Gasteiger partial charge in [-0.25, -0.2) is 0 Å². The molecule has 0 saturated carbocycles. The Hall–Kier alpha value is -5.64. The van der Waals surface area contributed by atoms with E-state index in [0.717, 1.165) is 23.5 Å². The van der Waals surface area contributed by atoms with Crippen LogP contribution < -0.4 is 20.2 Å². The molecule has 2 nitrogen and oxygen atoms in total. The molecule has 7 aromatic carbocycles. The highest BCUT2D eigenvalue weighted by molar-refractivity contribution is 7.04. The second-order valence-electron chi connectivity index (χ2n) is 13.1. The maximum atomic E-state index is 2.50. The maximum absolute atomic E-state index is 2.50. The summed E-state index contributed by atoms with van der Waals surface area (Å²) in [6.07, 6.45) is 0.874. The highest BCUT2D eigenvalue weighted by atomic mass is 28.3. The first-order valence-electron chi connectivity index (χ1n) is 16.7. The van der Waals surface area contributed by atoms with Gasteiger partial charge in [-0.05, 0) is 106 Å². The first-order valence-corrected chi connectivity index (χ1v) is 19.7. The summed E-state index contributed by atoms with van der Waals surface area (Å²) < 4.78 is 0. The zero-order chi connectivity index (χ0) is 32.5. The normalized spacial score (nSPS) is 12.6. The van der Waals surface area contributed by atoms with Crippen molar-refractivity contribution in [3.8, 4) is 11.1 Å². The zero-order valence-corrected chi connectivity index (χ0v) is 28.4. The van der Waals surface area contributed by atoms with Crippen molar-refractivity contribution in [2.75, 3.05) is 9.80 Å². The van der Waals surface area contributed by atoms with Crippen molar-refractivity contribution in [3.63, 3.8) is 0 Å². The summed E-state index contributed by atoms with van der Waals surface area (Å²) in [5, 5.41) is 3.04. The van der Waals surface area contributed by atoms with Gasteiger partial charge in [0, 0.05) is 34.1 Å². The van der Waals surface area contributed by atoms with Gasteiger partial charge in [0.1, 0.15) is 8.07 Å². The Labute approximate surface area is 285 Å². The summed E-state index contributed by atoms with van der Waals surface area (Å²) in [6.45, 7) is 5.00. The van der Waals surface area contributed by atoms with Crippen molar-refractivity contribution < 1.29 is 0 Å². The van der Waals surface area contributed by atoms with Crippen LogP contribution in [0.5, 0.6) is 0 Å². The molecule has 48 heavy (non-hydrogen) atoms. The van der Waals surface area contributed by atoms with Crippen molar-refractivity contribution in [2.24, 2.45) is 0 Å². The smallest absolute Gasteiger partial charge is 0.116 e. The molecule has 0 saturated heterocycles. The minimum absolute atomic E-state index is 0.874. The fourth-order valence-electron chi connectivity index (χ4n) is 7.37. The van der Waals surface area contributed by atoms with E-state index in [2.05, 4.69) is 205 Å². The number of anilines is 6. The van der Waals surface area contributed by atoms with Crippen LogP contribution in [0.15, 0.2) is 182 Å². The van der Waals surface area contributed by atoms with E-state index in [4.69, 9.17) is 0 Å². The van der Waals surface area contributed by atoms with E-state index in [9.17, 15) is 0 Å². The monoisotopic (exact) mass is 634 g/mol. The first kappa shape index (κ1) is 29.7. The fraction of sp³-hybridized carbons (Fsp3) is 0.0667. The number of hydrogen-bond donors (Lipinski definition) is 0. The molecule has 8 rings (SSSR count). The Morgan fingerprint density at radius 2 is 0.792 bits per heavy atom. The summed E-state index contributed by atoms with van der Waals surface area (Å²) in [5.41, 5.74) is 12.5. The second kappa shape index (κ2) is 12.5. The summed E-state index contributed by atoms with van der Waals surface area (Å²) in [5.74, 6) is 0. The molecule has 232 valence electrons. The van der Waals surface area contributed by atoms with Crippen LogP contribution in [0.1, 0.15) is 11.1 Å². The van der Waals surface area contributed by atoms with E-state index in [1.165, 1.54) is 49.7 Å². The van der Waals surface area contributed by atoms with Crippen molar-refractivity contribution in [1.82, 2.24) is 0 Å². The number of benzene rings is 7. The van der Waals surface area contributed by atoms with E-state index >= 15 is 0 Å². The van der Waals surface area contributed by atoms with Gasteiger partial charge in [-0.3, -0.25) is 0 Å². The van der Waals surface area contributed by atoms with Crippen LogP contribution in [0, 0.1) is 0 Å². The minimum atomic E-state index is -1.92. The van der Waals surface area contributed by atoms with E-state index in [-0.39, 0.29) is 0 Å². The van der Waals surface area contributed by atoms with Crippen LogP contribution in [-0.4, -0.2) is 8.07 Å². The molecule has 0 unspecified atom stereocenters. The maximum Gasteiger partial charge on any atom is 0.116 e. The van der Waals surface area contributed by atoms with Crippen LogP contribution in [0.2, 0.25) is 13.1 Å². The quantitative estimate of drug-likeness (QED) is 0.154. The second-order valence-corrected chi connectivity index (χ2v) is 17.3. The van der Waals surface area contributed by atoms with Gasteiger partial charge < -0.3 is 9.80 Å². The molecule has 0 amide bonds. The van der Waals surface area contributed by atoms with Crippen molar-refractivity contribution in [1.29, 1.82) is 0 Å². The van der Waals surface area contributed by atoms with Gasteiger partial charge in [-0.2, -0.15) is 0 Å². The Kier molecular flexibility index (Phi) is 7.76. The molecule has 1 aliphatic rings. The van der Waals surface area contributed by atoms with Gasteiger partial charge in [0.25, 0.3) is 0 Å². The molecule has 0 aliphatic carbocycles. The van der Waals surface area contributed by atoms with Gasteiger partial charge in [-0.1, -0.05) is 128 Å². The fourth-order valence-corrected chi connectivity index (χ4v) is 10.8. The molecule has 0 fully saturated rings. The number of rotatable bonds is 8. The molecule has 0 atom stereocenters. The summed E-state index contributed by atoms with van der Waals surface area (Å²) in [6, 6.07) is 66.0. The SMILES string of the molecule is C[Si]1(C)c2ccccc2-c2cccc(N(c3ccccc3)c3ccc(Cc4ccc(N(c5ccccc5)c5ccccc5)cc4)cc3)c21. The van der Waals surface area contributed by atoms with E-state index in [0.29, 0.717) is 0 Å². The highest BCUT2D eigenvalue weighted by Gasteiger charge is 2.40. The number of nitrogens with zero attached hydrogens (tertiary/aromatic N) is 2. The van der Waals surface area contributed by atoms with Crippen LogP contribution in [0.25, 0.3) is 11.1 Å². The molecule has 0 bridgehead atoms. The molecule has 1 aliphatic heterocycles. The molecular formula is C45H38N2Si. The van der Waals surface area contributed by atoms with Gasteiger partial charge >= 0.3 is 0 Å². The Morgan fingerprint density at radius 1 is 0.375 bits per heavy atom. The highest BCUT2D eigenvalue weighted by Crippen LogP contribution is 2.40. The third-order valence-electron chi connectivity index (χ3n) is 9.64. The van der Waals surface area contributed by atoms with E-state index in [1.54, 1.807) is 0 Å². The molecule has 3 heteroatoms. The number of hydrogen-bond acceptors (Lipinski definition) is 2. The van der Waals surface area contributed by atoms with E-state index < -0.39 is 8.07 Å². The predicted octanol–water partition coefficient (Wildman–Crippen LogP) is 11.0. The molecule has 0 aromatic heterocycles. The van der Waals surface area contributed by atoms with Crippen LogP contribution in [-0.2, 0) is 6.42 Å². The van der Waals surface area contributed by atoms with Crippen LogP contribution in [0.3, 0.4) is 0 Å². The Morgan fingerprint density at radius 3 is 1.33 bits per heavy atom. The molecule has 0 radical (unpaired) electrons. The average molecular weight is 635 g/mol. The van der Waals surface area contributed by atoms with Gasteiger partial charge in [0.2, 0.25) is 0 Å². The zero-order valence-electron chi connectivity index (χ0n) is 27.4. The lowest BCUT2D eigenvalue weighted by atomic mass is 10.0. The summed E-state index contributed by atoms with van der Waals surface area (Å²) in [7, 11) is -1.92. The van der Waals surface area contributed by atoms with E-state index in [1.807, 2.05) is 0 Å². The summed E-state index contributed by atoms with van der Waals surface area (Å²) >= 11 is 0. The third kappa shape index (κ3) is 5.42. The molecule has 0 spiro atoms. The lowest BCUT2D eigenvalue weighted by molar-refractivity contribution is 1.18. The Bertz CT molecular complexity index is 2120. The van der Waals surface area contributed by atoms with Crippen molar-refractivity contribution >= 4 is 52.6 Å². The third-order valence-corrected chi connectivity index (χ3v) is 13.2. The van der Waals surface area contributed by atoms with Crippen LogP contribution in [0.4, 0.5) is 34.1 Å². The topological polar surface area (TPSA) is 6.48 Å². The average Bonchev–Trinajstić information content (AvgIpc) is 3.38. The van der Waals surface area contributed by atoms with Crippen molar-refractivity contribution in [3.05, 3.63) is 193 Å². The number of para-hydroxylation sites is 3. The Balaban J connectivity index is 1.10. The van der Waals surface area contributed by atoms with Gasteiger partial charge in [-0.15, -0.1) is 0 Å². The van der Waals surface area contributed by atoms with Crippen LogP contribution >= 0.6 is 0 Å². The molecule has 0 N–H and O–H groups in total. The molecule has 7 aromatic rings. The number of fused-ring (bicyclic) bond motifs is 3. The minimum Gasteiger partial charge on any atom is -0.311 e. The standard InChI is InChI=1S/C45H38N2Si/c1-48(2)44-24-13-12-21-41(44)42-22-14-23-43(45(42)48)47(38-19-10-5-11-20-38)40-31-27-35(28-32-40)33-34-25-29-39(30-26-34)46(36-15-6-3-7-16-36)37-17-8-4-9-18-37/h3-32H,33H2,1-2H3. The summed E-state index contributed by atoms with van der Waals surface area (Å²) in [4.78, 5) is 4.76.